The molecule has 1 aromatic carbocycles. The second kappa shape index (κ2) is 11.9. The Morgan fingerprint density at radius 3 is 2.68 bits per heavy atom. The first-order valence-electron chi connectivity index (χ1n) is 9.62. The van der Waals surface area contributed by atoms with Crippen LogP contribution in [-0.4, -0.2) is 35.4 Å². The van der Waals surface area contributed by atoms with E-state index in [2.05, 4.69) is 60.6 Å². The minimum absolute atomic E-state index is 0. The summed E-state index contributed by atoms with van der Waals surface area (Å²) in [7, 11) is 3.78. The molecule has 156 valence electrons. The Balaban J connectivity index is 0.00000392. The van der Waals surface area contributed by atoms with E-state index in [1.54, 1.807) is 7.05 Å². The van der Waals surface area contributed by atoms with E-state index >= 15 is 0 Å². The van der Waals surface area contributed by atoms with Crippen LogP contribution in [0.25, 0.3) is 0 Å². The van der Waals surface area contributed by atoms with Crippen molar-refractivity contribution in [2.45, 2.75) is 53.1 Å². The van der Waals surface area contributed by atoms with E-state index in [0.717, 1.165) is 42.4 Å². The lowest BCUT2D eigenvalue weighted by Gasteiger charge is -2.18. The number of halogens is 1. The highest BCUT2D eigenvalue weighted by molar-refractivity contribution is 14.0. The first-order chi connectivity index (χ1) is 12.9. The van der Waals surface area contributed by atoms with E-state index in [1.165, 1.54) is 11.3 Å². The van der Waals surface area contributed by atoms with Gasteiger partial charge in [0.15, 0.2) is 5.96 Å². The molecule has 2 aromatic rings. The maximum absolute atomic E-state index is 5.70. The Morgan fingerprint density at radius 2 is 2.07 bits per heavy atom. The van der Waals surface area contributed by atoms with Crippen LogP contribution < -0.4 is 15.4 Å². The highest BCUT2D eigenvalue weighted by Gasteiger charge is 2.14. The van der Waals surface area contributed by atoms with Gasteiger partial charge < -0.3 is 15.4 Å². The molecule has 7 heteroatoms. The molecule has 0 fully saturated rings. The standard InChI is InChI=1S/C21H33N5O.HI/c1-7-11-27-19-10-8-9-18(13-19)14-23-21(22-5)24-15(2)12-20-16(3)25-26(6)17(20)4;/h8-10,13,15H,7,11-12,14H2,1-6H3,(H2,22,23,24);1H. The average molecular weight is 499 g/mol. The number of benzene rings is 1. The lowest BCUT2D eigenvalue weighted by atomic mass is 10.1. The van der Waals surface area contributed by atoms with Gasteiger partial charge in [0.05, 0.1) is 12.3 Å². The Kier molecular flexibility index (Phi) is 10.3. The quantitative estimate of drug-likeness (QED) is 0.330. The van der Waals surface area contributed by atoms with Crippen LogP contribution in [0.4, 0.5) is 0 Å². The molecule has 28 heavy (non-hydrogen) atoms. The molecule has 0 radical (unpaired) electrons. The van der Waals surface area contributed by atoms with Crippen molar-refractivity contribution in [3.05, 3.63) is 46.8 Å². The molecule has 2 N–H and O–H groups in total. The van der Waals surface area contributed by atoms with Gasteiger partial charge in [-0.25, -0.2) is 0 Å². The molecule has 2 rings (SSSR count). The third-order valence-electron chi connectivity index (χ3n) is 4.61. The molecule has 1 aromatic heterocycles. The minimum atomic E-state index is 0. The molecule has 6 nitrogen and oxygen atoms in total. The van der Waals surface area contributed by atoms with Crippen LogP contribution in [0.2, 0.25) is 0 Å². The normalized spacial score (nSPS) is 12.3. The first-order valence-corrected chi connectivity index (χ1v) is 9.62. The lowest BCUT2D eigenvalue weighted by molar-refractivity contribution is 0.317. The van der Waals surface area contributed by atoms with Crippen molar-refractivity contribution in [3.63, 3.8) is 0 Å². The number of hydrogen-bond donors (Lipinski definition) is 2. The fourth-order valence-corrected chi connectivity index (χ4v) is 3.05. The smallest absolute Gasteiger partial charge is 0.191 e. The van der Waals surface area contributed by atoms with Gasteiger partial charge in [-0.2, -0.15) is 5.10 Å². The highest BCUT2D eigenvalue weighted by Crippen LogP contribution is 2.15. The van der Waals surface area contributed by atoms with Gasteiger partial charge in [-0.05, 0) is 56.9 Å². The van der Waals surface area contributed by atoms with Crippen LogP contribution >= 0.6 is 24.0 Å². The zero-order valence-electron chi connectivity index (χ0n) is 17.9. The number of hydrogen-bond acceptors (Lipinski definition) is 3. The lowest BCUT2D eigenvalue weighted by Crippen LogP contribution is -2.42. The molecular formula is C21H34IN5O. The third kappa shape index (κ3) is 7.00. The van der Waals surface area contributed by atoms with Gasteiger partial charge in [-0.15, -0.1) is 24.0 Å². The van der Waals surface area contributed by atoms with Gasteiger partial charge in [0.25, 0.3) is 0 Å². The van der Waals surface area contributed by atoms with Crippen molar-refractivity contribution in [2.75, 3.05) is 13.7 Å². The summed E-state index contributed by atoms with van der Waals surface area (Å²) in [5.41, 5.74) is 4.77. The zero-order valence-corrected chi connectivity index (χ0v) is 20.2. The second-order valence-electron chi connectivity index (χ2n) is 6.94. The number of aryl methyl sites for hydroxylation is 2. The van der Waals surface area contributed by atoms with Crippen molar-refractivity contribution in [3.8, 4) is 5.75 Å². The number of aromatic nitrogens is 2. The van der Waals surface area contributed by atoms with Crippen molar-refractivity contribution >= 4 is 29.9 Å². The van der Waals surface area contributed by atoms with E-state index in [-0.39, 0.29) is 30.0 Å². The van der Waals surface area contributed by atoms with Gasteiger partial charge in [0.2, 0.25) is 0 Å². The van der Waals surface area contributed by atoms with Gasteiger partial charge in [-0.3, -0.25) is 9.67 Å². The van der Waals surface area contributed by atoms with Gasteiger partial charge in [0.1, 0.15) is 5.75 Å². The summed E-state index contributed by atoms with van der Waals surface area (Å²) in [5, 5.41) is 11.4. The Labute approximate surface area is 186 Å². The summed E-state index contributed by atoms with van der Waals surface area (Å²) in [5.74, 6) is 1.71. The number of nitrogens with zero attached hydrogens (tertiary/aromatic N) is 3. The average Bonchev–Trinajstić information content (AvgIpc) is 2.89. The molecular weight excluding hydrogens is 465 g/mol. The topological polar surface area (TPSA) is 63.5 Å². The summed E-state index contributed by atoms with van der Waals surface area (Å²) in [6.45, 7) is 9.89. The summed E-state index contributed by atoms with van der Waals surface area (Å²) in [6.07, 6.45) is 1.92. The zero-order chi connectivity index (χ0) is 19.8. The van der Waals surface area contributed by atoms with Crippen LogP contribution in [0.15, 0.2) is 29.3 Å². The molecule has 0 saturated heterocycles. The Bertz CT molecular complexity index is 772. The largest absolute Gasteiger partial charge is 0.494 e. The van der Waals surface area contributed by atoms with E-state index in [0.29, 0.717) is 6.54 Å². The van der Waals surface area contributed by atoms with Crippen molar-refractivity contribution in [1.82, 2.24) is 20.4 Å². The van der Waals surface area contributed by atoms with Crippen LogP contribution in [0, 0.1) is 13.8 Å². The highest BCUT2D eigenvalue weighted by atomic mass is 127. The summed E-state index contributed by atoms with van der Waals surface area (Å²) in [4.78, 5) is 4.35. The van der Waals surface area contributed by atoms with E-state index < -0.39 is 0 Å². The predicted octanol–water partition coefficient (Wildman–Crippen LogP) is 3.74. The fraction of sp³-hybridized carbons (Fsp3) is 0.524. The number of ether oxygens (including phenoxy) is 1. The van der Waals surface area contributed by atoms with Crippen molar-refractivity contribution in [1.29, 1.82) is 0 Å². The van der Waals surface area contributed by atoms with Crippen LogP contribution in [0.5, 0.6) is 5.75 Å². The van der Waals surface area contributed by atoms with Gasteiger partial charge in [-0.1, -0.05) is 19.1 Å². The summed E-state index contributed by atoms with van der Waals surface area (Å²) in [6, 6.07) is 8.42. The predicted molar refractivity (Wildman–Crippen MR) is 127 cm³/mol. The Hall–Kier alpha value is -1.77. The number of nitrogens with one attached hydrogen (secondary N) is 2. The number of rotatable bonds is 8. The molecule has 0 aliphatic carbocycles. The molecule has 0 bridgehead atoms. The number of guanidine groups is 1. The Morgan fingerprint density at radius 1 is 1.32 bits per heavy atom. The summed E-state index contributed by atoms with van der Waals surface area (Å²) >= 11 is 0. The monoisotopic (exact) mass is 499 g/mol. The van der Waals surface area contributed by atoms with E-state index in [9.17, 15) is 0 Å². The molecule has 0 aliphatic heterocycles. The molecule has 1 atom stereocenters. The fourth-order valence-electron chi connectivity index (χ4n) is 3.05. The van der Waals surface area contributed by atoms with Gasteiger partial charge >= 0.3 is 0 Å². The molecule has 1 heterocycles. The third-order valence-corrected chi connectivity index (χ3v) is 4.61. The number of aliphatic imine (C=N–C) groups is 1. The van der Waals surface area contributed by atoms with Crippen LogP contribution in [-0.2, 0) is 20.0 Å². The molecule has 0 amide bonds. The maximum Gasteiger partial charge on any atom is 0.191 e. The van der Waals surface area contributed by atoms with E-state index in [4.69, 9.17) is 4.74 Å². The second-order valence-corrected chi connectivity index (χ2v) is 6.94. The van der Waals surface area contributed by atoms with Crippen molar-refractivity contribution < 1.29 is 4.74 Å². The van der Waals surface area contributed by atoms with Crippen LogP contribution in [0.3, 0.4) is 0 Å². The van der Waals surface area contributed by atoms with Crippen molar-refractivity contribution in [2.24, 2.45) is 12.0 Å². The first kappa shape index (κ1) is 24.3. The van der Waals surface area contributed by atoms with Gasteiger partial charge in [0, 0.05) is 32.4 Å². The van der Waals surface area contributed by atoms with Crippen LogP contribution in [0.1, 0.15) is 42.8 Å². The SMILES string of the molecule is CCCOc1cccc(CNC(=NC)NC(C)Cc2c(C)nn(C)c2C)c1.I. The summed E-state index contributed by atoms with van der Waals surface area (Å²) < 4.78 is 7.65. The minimum Gasteiger partial charge on any atom is -0.494 e. The van der Waals surface area contributed by atoms with E-state index in [1.807, 2.05) is 23.9 Å². The molecule has 0 aliphatic rings. The molecule has 0 saturated carbocycles. The molecule has 1 unspecified atom stereocenters. The molecule has 0 spiro atoms. The maximum atomic E-state index is 5.70.